The number of benzene rings is 2. The van der Waals surface area contributed by atoms with Gasteiger partial charge in [-0.15, -0.1) is 5.75 Å². The van der Waals surface area contributed by atoms with E-state index in [-0.39, 0.29) is 35.3 Å². The summed E-state index contributed by atoms with van der Waals surface area (Å²) in [5, 5.41) is 10.9. The smallest absolute Gasteiger partial charge is 0.872 e. The quantitative estimate of drug-likeness (QED) is 0.555. The minimum absolute atomic E-state index is 0. The van der Waals surface area contributed by atoms with Gasteiger partial charge < -0.3 is 5.11 Å². The van der Waals surface area contributed by atoms with Crippen molar-refractivity contribution >= 4 is 0 Å². The number of hydrogen-bond acceptors (Lipinski definition) is 1. The molecule has 0 aliphatic rings. The summed E-state index contributed by atoms with van der Waals surface area (Å²) in [5.74, 6) is 0.0553. The van der Waals surface area contributed by atoms with Crippen LogP contribution >= 0.6 is 0 Å². The van der Waals surface area contributed by atoms with Crippen molar-refractivity contribution in [3.05, 3.63) is 54.6 Å². The van der Waals surface area contributed by atoms with E-state index in [9.17, 15) is 5.11 Å². The van der Waals surface area contributed by atoms with E-state index in [0.29, 0.717) is 0 Å². The summed E-state index contributed by atoms with van der Waals surface area (Å²) in [6.45, 7) is 0. The third-order valence-corrected chi connectivity index (χ3v) is 1.96. The van der Waals surface area contributed by atoms with Gasteiger partial charge in [0, 0.05) is 0 Å². The molecule has 0 aliphatic carbocycles. The SMILES string of the molecule is [Na+].[O-]c1ccc(-c2ccccc2)cc1. The summed E-state index contributed by atoms with van der Waals surface area (Å²) in [4.78, 5) is 0. The van der Waals surface area contributed by atoms with Crippen LogP contribution in [0.15, 0.2) is 54.6 Å². The van der Waals surface area contributed by atoms with Crippen LogP contribution < -0.4 is 34.7 Å². The molecule has 0 atom stereocenters. The summed E-state index contributed by atoms with van der Waals surface area (Å²) in [6, 6.07) is 16.9. The first-order valence-electron chi connectivity index (χ1n) is 4.19. The van der Waals surface area contributed by atoms with Crippen molar-refractivity contribution in [2.45, 2.75) is 0 Å². The van der Waals surface area contributed by atoms with E-state index in [0.717, 1.165) is 11.1 Å². The van der Waals surface area contributed by atoms with Crippen molar-refractivity contribution in [2.75, 3.05) is 0 Å². The fraction of sp³-hybridized carbons (Fsp3) is 0. The summed E-state index contributed by atoms with van der Waals surface area (Å²) in [6.07, 6.45) is 0. The third kappa shape index (κ3) is 2.61. The van der Waals surface area contributed by atoms with Crippen LogP contribution in [0.3, 0.4) is 0 Å². The minimum Gasteiger partial charge on any atom is -0.872 e. The standard InChI is InChI=1S/C12H10O.Na/c13-12-8-6-11(7-9-12)10-4-2-1-3-5-10;/h1-9,13H;/q;+1/p-1. The van der Waals surface area contributed by atoms with Gasteiger partial charge in [-0.3, -0.25) is 0 Å². The Bertz CT molecular complexity index is 381. The third-order valence-electron chi connectivity index (χ3n) is 1.96. The van der Waals surface area contributed by atoms with Gasteiger partial charge >= 0.3 is 29.6 Å². The Morgan fingerprint density at radius 2 is 1.14 bits per heavy atom. The number of hydrogen-bond donors (Lipinski definition) is 0. The van der Waals surface area contributed by atoms with Gasteiger partial charge in [-0.05, 0) is 11.1 Å². The molecule has 0 saturated heterocycles. The largest absolute Gasteiger partial charge is 1.00 e. The van der Waals surface area contributed by atoms with Gasteiger partial charge in [0.1, 0.15) is 0 Å². The fourth-order valence-corrected chi connectivity index (χ4v) is 1.28. The Hall–Kier alpha value is -0.760. The van der Waals surface area contributed by atoms with Crippen LogP contribution in [-0.4, -0.2) is 0 Å². The van der Waals surface area contributed by atoms with Crippen molar-refractivity contribution in [2.24, 2.45) is 0 Å². The Balaban J connectivity index is 0.000000980. The minimum atomic E-state index is 0. The molecule has 0 aliphatic heterocycles. The zero-order valence-electron chi connectivity index (χ0n) is 8.10. The summed E-state index contributed by atoms with van der Waals surface area (Å²) in [7, 11) is 0. The predicted octanol–water partition coefficient (Wildman–Crippen LogP) is -0.569. The van der Waals surface area contributed by atoms with E-state index < -0.39 is 0 Å². The van der Waals surface area contributed by atoms with Gasteiger partial charge in [0.2, 0.25) is 0 Å². The molecule has 0 N–H and O–H groups in total. The molecule has 0 heterocycles. The topological polar surface area (TPSA) is 23.1 Å². The van der Waals surface area contributed by atoms with Gasteiger partial charge in [-0.25, -0.2) is 0 Å². The molecule has 64 valence electrons. The van der Waals surface area contributed by atoms with E-state index in [1.165, 1.54) is 0 Å². The van der Waals surface area contributed by atoms with Crippen LogP contribution in [-0.2, 0) is 0 Å². The maximum Gasteiger partial charge on any atom is 1.00 e. The van der Waals surface area contributed by atoms with E-state index in [2.05, 4.69) is 0 Å². The molecular formula is C12H9NaO. The molecule has 0 spiro atoms. The van der Waals surface area contributed by atoms with Gasteiger partial charge in [0.05, 0.1) is 0 Å². The Labute approximate surface area is 106 Å². The second kappa shape index (κ2) is 5.20. The van der Waals surface area contributed by atoms with Gasteiger partial charge in [0.25, 0.3) is 0 Å². The molecule has 0 bridgehead atoms. The Morgan fingerprint density at radius 3 is 1.71 bits per heavy atom. The molecule has 0 unspecified atom stereocenters. The molecule has 0 saturated carbocycles. The zero-order chi connectivity index (χ0) is 9.10. The van der Waals surface area contributed by atoms with E-state index in [4.69, 9.17) is 0 Å². The Morgan fingerprint density at radius 1 is 0.643 bits per heavy atom. The molecule has 0 amide bonds. The second-order valence-electron chi connectivity index (χ2n) is 2.89. The van der Waals surface area contributed by atoms with Crippen molar-refractivity contribution in [3.8, 4) is 16.9 Å². The average molecular weight is 192 g/mol. The van der Waals surface area contributed by atoms with Crippen LogP contribution in [0.5, 0.6) is 5.75 Å². The molecule has 0 aromatic heterocycles. The van der Waals surface area contributed by atoms with Gasteiger partial charge in [0.15, 0.2) is 0 Å². The zero-order valence-corrected chi connectivity index (χ0v) is 10.1. The van der Waals surface area contributed by atoms with Crippen molar-refractivity contribution in [1.29, 1.82) is 0 Å². The summed E-state index contributed by atoms with van der Waals surface area (Å²) in [5.41, 5.74) is 2.22. The van der Waals surface area contributed by atoms with E-state index in [1.807, 2.05) is 42.5 Å². The molecule has 0 fully saturated rings. The maximum atomic E-state index is 10.9. The summed E-state index contributed by atoms with van der Waals surface area (Å²) < 4.78 is 0. The van der Waals surface area contributed by atoms with E-state index in [1.54, 1.807) is 12.1 Å². The van der Waals surface area contributed by atoms with Crippen molar-refractivity contribution in [1.82, 2.24) is 0 Å². The maximum absolute atomic E-state index is 10.9. The molecular weight excluding hydrogens is 183 g/mol. The fourth-order valence-electron chi connectivity index (χ4n) is 1.28. The van der Waals surface area contributed by atoms with Crippen LogP contribution in [0.2, 0.25) is 0 Å². The second-order valence-corrected chi connectivity index (χ2v) is 2.89. The van der Waals surface area contributed by atoms with Crippen LogP contribution in [0.1, 0.15) is 0 Å². The Kier molecular flexibility index (Phi) is 4.21. The van der Waals surface area contributed by atoms with Gasteiger partial charge in [-0.1, -0.05) is 54.6 Å². The monoisotopic (exact) mass is 192 g/mol. The molecule has 0 radical (unpaired) electrons. The molecule has 14 heavy (non-hydrogen) atoms. The molecule has 2 rings (SSSR count). The first-order chi connectivity index (χ1) is 6.36. The molecule has 2 heteroatoms. The molecule has 1 nitrogen and oxygen atoms in total. The van der Waals surface area contributed by atoms with Gasteiger partial charge in [-0.2, -0.15) is 0 Å². The van der Waals surface area contributed by atoms with E-state index >= 15 is 0 Å². The molecule has 2 aromatic rings. The van der Waals surface area contributed by atoms with Crippen LogP contribution in [0.4, 0.5) is 0 Å². The number of rotatable bonds is 1. The van der Waals surface area contributed by atoms with Crippen molar-refractivity contribution < 1.29 is 34.7 Å². The van der Waals surface area contributed by atoms with Crippen LogP contribution in [0, 0.1) is 0 Å². The normalized spacial score (nSPS) is 9.14. The first kappa shape index (κ1) is 11.3. The average Bonchev–Trinajstić information content (AvgIpc) is 2.20. The first-order valence-corrected chi connectivity index (χ1v) is 4.19. The van der Waals surface area contributed by atoms with Crippen LogP contribution in [0.25, 0.3) is 11.1 Å². The van der Waals surface area contributed by atoms with Crippen molar-refractivity contribution in [3.63, 3.8) is 0 Å². The molecule has 2 aromatic carbocycles. The summed E-state index contributed by atoms with van der Waals surface area (Å²) >= 11 is 0. The predicted molar refractivity (Wildman–Crippen MR) is 51.3 cm³/mol.